The van der Waals surface area contributed by atoms with Gasteiger partial charge in [-0.05, 0) is 25.0 Å². The molecule has 0 aliphatic rings. The van der Waals surface area contributed by atoms with Crippen molar-refractivity contribution in [3.05, 3.63) is 29.7 Å². The van der Waals surface area contributed by atoms with E-state index in [4.69, 9.17) is 4.42 Å². The molecular formula is C13H16N2O3. The Balaban J connectivity index is 2.44. The summed E-state index contributed by atoms with van der Waals surface area (Å²) in [6, 6.07) is 3.53. The van der Waals surface area contributed by atoms with Crippen LogP contribution in [-0.4, -0.2) is 20.9 Å². The van der Waals surface area contributed by atoms with Crippen molar-refractivity contribution < 1.29 is 14.3 Å². The molecule has 0 bridgehead atoms. The Morgan fingerprint density at radius 3 is 2.72 bits per heavy atom. The molecule has 2 rings (SSSR count). The van der Waals surface area contributed by atoms with Gasteiger partial charge in [-0.3, -0.25) is 4.68 Å². The molecule has 0 aliphatic heterocycles. The van der Waals surface area contributed by atoms with Gasteiger partial charge in [0.2, 0.25) is 0 Å². The predicted molar refractivity (Wildman–Crippen MR) is 66.5 cm³/mol. The summed E-state index contributed by atoms with van der Waals surface area (Å²) in [4.78, 5) is 11.2. The van der Waals surface area contributed by atoms with Crippen molar-refractivity contribution >= 4 is 5.97 Å². The average molecular weight is 248 g/mol. The Labute approximate surface area is 105 Å². The number of hydrogen-bond donors (Lipinski definition) is 1. The van der Waals surface area contributed by atoms with Crippen molar-refractivity contribution in [2.45, 2.75) is 27.3 Å². The van der Waals surface area contributed by atoms with Gasteiger partial charge < -0.3 is 9.52 Å². The molecule has 0 aromatic carbocycles. The molecule has 2 heterocycles. The van der Waals surface area contributed by atoms with E-state index < -0.39 is 5.97 Å². The predicted octanol–water partition coefficient (Wildman–Crippen LogP) is 2.81. The minimum Gasteiger partial charge on any atom is -0.478 e. The summed E-state index contributed by atoms with van der Waals surface area (Å²) < 4.78 is 7.09. The van der Waals surface area contributed by atoms with E-state index in [9.17, 15) is 9.90 Å². The lowest BCUT2D eigenvalue weighted by Gasteiger charge is -2.03. The summed E-state index contributed by atoms with van der Waals surface area (Å²) in [5.41, 5.74) is 0.557. The van der Waals surface area contributed by atoms with Gasteiger partial charge >= 0.3 is 5.97 Å². The maximum atomic E-state index is 11.2. The normalized spacial score (nSPS) is 11.1. The molecule has 18 heavy (non-hydrogen) atoms. The molecular weight excluding hydrogens is 232 g/mol. The van der Waals surface area contributed by atoms with Crippen LogP contribution in [-0.2, 0) is 6.54 Å². The third-order valence-electron chi connectivity index (χ3n) is 2.52. The van der Waals surface area contributed by atoms with E-state index in [2.05, 4.69) is 18.9 Å². The number of rotatable bonds is 4. The van der Waals surface area contributed by atoms with Crippen LogP contribution in [0.2, 0.25) is 0 Å². The van der Waals surface area contributed by atoms with Crippen LogP contribution in [0.5, 0.6) is 0 Å². The molecule has 0 fully saturated rings. The Morgan fingerprint density at radius 2 is 2.22 bits per heavy atom. The zero-order valence-electron chi connectivity index (χ0n) is 10.7. The minimum atomic E-state index is -0.992. The zero-order valence-corrected chi connectivity index (χ0v) is 10.7. The van der Waals surface area contributed by atoms with Crippen LogP contribution in [0.25, 0.3) is 11.5 Å². The number of aromatic carboxylic acids is 1. The second kappa shape index (κ2) is 4.68. The standard InChI is InChI=1S/C13H16N2O3/c1-8(2)6-15-7-10(13(16)17)12(14-15)11-5-4-9(3)18-11/h4-5,7-8H,6H2,1-3H3,(H,16,17). The van der Waals surface area contributed by atoms with E-state index in [1.165, 1.54) is 0 Å². The summed E-state index contributed by atoms with van der Waals surface area (Å²) in [6.45, 7) is 6.60. The average Bonchev–Trinajstić information content (AvgIpc) is 2.83. The highest BCUT2D eigenvalue weighted by Crippen LogP contribution is 2.24. The Hall–Kier alpha value is -2.04. The van der Waals surface area contributed by atoms with E-state index in [1.54, 1.807) is 23.0 Å². The molecule has 2 aromatic heterocycles. The molecule has 0 radical (unpaired) electrons. The van der Waals surface area contributed by atoms with Crippen LogP contribution >= 0.6 is 0 Å². The third-order valence-corrected chi connectivity index (χ3v) is 2.52. The maximum absolute atomic E-state index is 11.2. The van der Waals surface area contributed by atoms with Gasteiger partial charge in [0.25, 0.3) is 0 Å². The van der Waals surface area contributed by atoms with Gasteiger partial charge in [-0.25, -0.2) is 4.79 Å². The summed E-state index contributed by atoms with van der Waals surface area (Å²) >= 11 is 0. The number of furan rings is 1. The molecule has 0 amide bonds. The van der Waals surface area contributed by atoms with Crippen molar-refractivity contribution in [2.24, 2.45) is 5.92 Å². The highest BCUT2D eigenvalue weighted by Gasteiger charge is 2.19. The number of aromatic nitrogens is 2. The Morgan fingerprint density at radius 1 is 1.50 bits per heavy atom. The lowest BCUT2D eigenvalue weighted by atomic mass is 10.2. The maximum Gasteiger partial charge on any atom is 0.339 e. The molecule has 0 atom stereocenters. The Kier molecular flexibility index (Phi) is 3.23. The van der Waals surface area contributed by atoms with Gasteiger partial charge in [-0.1, -0.05) is 13.8 Å². The van der Waals surface area contributed by atoms with Crippen molar-refractivity contribution in [1.82, 2.24) is 9.78 Å². The monoisotopic (exact) mass is 248 g/mol. The number of carboxylic acids is 1. The third kappa shape index (κ3) is 2.45. The summed E-state index contributed by atoms with van der Waals surface area (Å²) in [7, 11) is 0. The first-order valence-electron chi connectivity index (χ1n) is 5.85. The second-order valence-corrected chi connectivity index (χ2v) is 4.72. The van der Waals surface area contributed by atoms with E-state index in [-0.39, 0.29) is 5.56 Å². The molecule has 0 saturated carbocycles. The fourth-order valence-electron chi connectivity index (χ4n) is 1.79. The first-order chi connectivity index (χ1) is 8.47. The molecule has 96 valence electrons. The molecule has 0 aliphatic carbocycles. The number of aryl methyl sites for hydroxylation is 1. The van der Waals surface area contributed by atoms with E-state index in [1.807, 2.05) is 6.92 Å². The van der Waals surface area contributed by atoms with Gasteiger partial charge in [-0.2, -0.15) is 5.10 Å². The SMILES string of the molecule is Cc1ccc(-c2nn(CC(C)C)cc2C(=O)O)o1. The van der Waals surface area contributed by atoms with Crippen LogP contribution < -0.4 is 0 Å². The van der Waals surface area contributed by atoms with Crippen molar-refractivity contribution in [1.29, 1.82) is 0 Å². The molecule has 5 nitrogen and oxygen atoms in total. The smallest absolute Gasteiger partial charge is 0.339 e. The molecule has 0 saturated heterocycles. The molecule has 2 aromatic rings. The van der Waals surface area contributed by atoms with E-state index in [0.29, 0.717) is 23.9 Å². The van der Waals surface area contributed by atoms with Gasteiger partial charge in [0.05, 0.1) is 0 Å². The van der Waals surface area contributed by atoms with Crippen LogP contribution in [0.1, 0.15) is 30.0 Å². The number of hydrogen-bond acceptors (Lipinski definition) is 3. The van der Waals surface area contributed by atoms with E-state index >= 15 is 0 Å². The van der Waals surface area contributed by atoms with Crippen LogP contribution in [0.3, 0.4) is 0 Å². The van der Waals surface area contributed by atoms with Crippen LogP contribution in [0.4, 0.5) is 0 Å². The summed E-state index contributed by atoms with van der Waals surface area (Å²) in [6.07, 6.45) is 1.55. The van der Waals surface area contributed by atoms with Crippen LogP contribution in [0.15, 0.2) is 22.7 Å². The quantitative estimate of drug-likeness (QED) is 0.903. The van der Waals surface area contributed by atoms with Gasteiger partial charge in [-0.15, -0.1) is 0 Å². The molecule has 1 N–H and O–H groups in total. The first kappa shape index (κ1) is 12.4. The van der Waals surface area contributed by atoms with Crippen molar-refractivity contribution in [2.75, 3.05) is 0 Å². The summed E-state index contributed by atoms with van der Waals surface area (Å²) in [5.74, 6) is 0.638. The lowest BCUT2D eigenvalue weighted by molar-refractivity contribution is 0.0697. The highest BCUT2D eigenvalue weighted by molar-refractivity contribution is 5.93. The first-order valence-corrected chi connectivity index (χ1v) is 5.85. The van der Waals surface area contributed by atoms with Gasteiger partial charge in [0, 0.05) is 12.7 Å². The number of carbonyl (C=O) groups is 1. The molecule has 0 spiro atoms. The highest BCUT2D eigenvalue weighted by atomic mass is 16.4. The van der Waals surface area contributed by atoms with Crippen molar-refractivity contribution in [3.63, 3.8) is 0 Å². The minimum absolute atomic E-state index is 0.171. The van der Waals surface area contributed by atoms with Crippen molar-refractivity contribution in [3.8, 4) is 11.5 Å². The summed E-state index contributed by atoms with van der Waals surface area (Å²) in [5, 5.41) is 13.5. The van der Waals surface area contributed by atoms with E-state index in [0.717, 1.165) is 5.76 Å². The van der Waals surface area contributed by atoms with Gasteiger partial charge in [0.15, 0.2) is 5.76 Å². The fourth-order valence-corrected chi connectivity index (χ4v) is 1.79. The zero-order chi connectivity index (χ0) is 13.3. The number of nitrogens with zero attached hydrogens (tertiary/aromatic N) is 2. The molecule has 0 unspecified atom stereocenters. The fraction of sp³-hybridized carbons (Fsp3) is 0.385. The Bertz CT molecular complexity index is 567. The molecule has 5 heteroatoms. The van der Waals surface area contributed by atoms with Gasteiger partial charge in [0.1, 0.15) is 17.0 Å². The largest absolute Gasteiger partial charge is 0.478 e. The number of carboxylic acid groups (broad SMARTS) is 1. The lowest BCUT2D eigenvalue weighted by Crippen LogP contribution is -2.04. The second-order valence-electron chi connectivity index (χ2n) is 4.72. The van der Waals surface area contributed by atoms with Crippen LogP contribution in [0, 0.1) is 12.8 Å². The topological polar surface area (TPSA) is 68.3 Å².